The molecule has 1 aliphatic rings. The molecule has 4 aromatic rings. The van der Waals surface area contributed by atoms with E-state index in [0.717, 1.165) is 11.1 Å². The molecule has 0 bridgehead atoms. The van der Waals surface area contributed by atoms with Crippen LogP contribution in [0.3, 0.4) is 0 Å². The smallest absolute Gasteiger partial charge is 0.335 e. The Morgan fingerprint density at radius 3 is 1.27 bits per heavy atom. The van der Waals surface area contributed by atoms with Crippen LogP contribution in [0.2, 0.25) is 0 Å². The van der Waals surface area contributed by atoms with E-state index in [1.807, 2.05) is 24.3 Å². The summed E-state index contributed by atoms with van der Waals surface area (Å²) in [4.78, 5) is 22.6. The van der Waals surface area contributed by atoms with Crippen molar-refractivity contribution in [3.05, 3.63) is 130 Å². The van der Waals surface area contributed by atoms with E-state index < -0.39 is 11.9 Å². The fourth-order valence-corrected chi connectivity index (χ4v) is 5.09. The molecule has 162 valence electrons. The quantitative estimate of drug-likeness (QED) is 0.400. The third-order valence-electron chi connectivity index (χ3n) is 6.59. The van der Waals surface area contributed by atoms with Gasteiger partial charge < -0.3 is 10.2 Å². The van der Waals surface area contributed by atoms with Crippen LogP contribution in [0.4, 0.5) is 0 Å². The summed E-state index contributed by atoms with van der Waals surface area (Å²) in [5, 5.41) is 18.6. The Labute approximate surface area is 191 Å². The molecule has 0 aromatic heterocycles. The Bertz CT molecular complexity index is 1240. The van der Waals surface area contributed by atoms with Crippen LogP contribution < -0.4 is 0 Å². The van der Waals surface area contributed by atoms with Gasteiger partial charge in [-0.3, -0.25) is 0 Å². The summed E-state index contributed by atoms with van der Waals surface area (Å²) in [5.41, 5.74) is 7.15. The summed E-state index contributed by atoms with van der Waals surface area (Å²) in [6.07, 6.45) is 1.39. The van der Waals surface area contributed by atoms with E-state index in [-0.39, 0.29) is 16.5 Å². The molecule has 0 spiro atoms. The lowest BCUT2D eigenvalue weighted by atomic mass is 9.69. The molecule has 5 rings (SSSR count). The molecule has 0 saturated heterocycles. The Morgan fingerprint density at radius 1 is 0.545 bits per heavy atom. The van der Waals surface area contributed by atoms with Crippen LogP contribution in [0.25, 0.3) is 11.1 Å². The molecule has 0 aliphatic heterocycles. The highest BCUT2D eigenvalue weighted by molar-refractivity contribution is 5.88. The van der Waals surface area contributed by atoms with Gasteiger partial charge in [-0.15, -0.1) is 0 Å². The van der Waals surface area contributed by atoms with Crippen molar-refractivity contribution in [1.29, 1.82) is 0 Å². The molecule has 0 heterocycles. The third-order valence-corrected chi connectivity index (χ3v) is 6.59. The van der Waals surface area contributed by atoms with Crippen molar-refractivity contribution in [2.75, 3.05) is 0 Å². The first-order chi connectivity index (χ1) is 16.0. The number of hydrogen-bond donors (Lipinski definition) is 2. The number of carboxylic acids is 2. The standard InChI is InChI=1S/C29H22O4/c30-27(31)21-13-9-19(10-14-21)17-29(18-20-11-15-22(16-12-20)28(32)33)25-7-3-1-5-23(25)24-6-2-4-8-26(24)29/h1-16H,17-18H2,(H,30,31)(H,32,33). The van der Waals surface area contributed by atoms with E-state index in [0.29, 0.717) is 12.8 Å². The second-order valence-electron chi connectivity index (χ2n) is 8.53. The van der Waals surface area contributed by atoms with Gasteiger partial charge >= 0.3 is 11.9 Å². The van der Waals surface area contributed by atoms with E-state index in [1.54, 1.807) is 24.3 Å². The Balaban J connectivity index is 1.65. The lowest BCUT2D eigenvalue weighted by Crippen LogP contribution is -2.31. The molecule has 4 aromatic carbocycles. The van der Waals surface area contributed by atoms with Crippen LogP contribution in [0.15, 0.2) is 97.1 Å². The monoisotopic (exact) mass is 434 g/mol. The molecule has 2 N–H and O–H groups in total. The number of aromatic carboxylic acids is 2. The molecule has 0 radical (unpaired) electrons. The van der Waals surface area contributed by atoms with E-state index in [1.165, 1.54) is 22.3 Å². The first kappa shape index (κ1) is 20.7. The first-order valence-electron chi connectivity index (χ1n) is 10.8. The molecule has 4 nitrogen and oxygen atoms in total. The number of hydrogen-bond acceptors (Lipinski definition) is 2. The van der Waals surface area contributed by atoms with Gasteiger partial charge in [0.05, 0.1) is 11.1 Å². The highest BCUT2D eigenvalue weighted by Gasteiger charge is 2.43. The van der Waals surface area contributed by atoms with Gasteiger partial charge in [-0.2, -0.15) is 0 Å². The van der Waals surface area contributed by atoms with Crippen molar-refractivity contribution in [1.82, 2.24) is 0 Å². The number of fused-ring (bicyclic) bond motifs is 3. The number of carbonyl (C=O) groups is 2. The molecule has 0 unspecified atom stereocenters. The number of benzene rings is 4. The minimum absolute atomic E-state index is 0.268. The minimum Gasteiger partial charge on any atom is -0.478 e. The number of carboxylic acid groups (broad SMARTS) is 2. The molecule has 33 heavy (non-hydrogen) atoms. The average Bonchev–Trinajstić information content (AvgIpc) is 3.10. The Morgan fingerprint density at radius 2 is 0.909 bits per heavy atom. The maximum absolute atomic E-state index is 11.3. The lowest BCUT2D eigenvalue weighted by molar-refractivity contribution is 0.0686. The van der Waals surface area contributed by atoms with Crippen molar-refractivity contribution in [2.45, 2.75) is 18.3 Å². The molecule has 0 atom stereocenters. The van der Waals surface area contributed by atoms with Gasteiger partial charge in [-0.05, 0) is 70.5 Å². The van der Waals surface area contributed by atoms with E-state index in [9.17, 15) is 19.8 Å². The van der Waals surface area contributed by atoms with Crippen molar-refractivity contribution in [3.63, 3.8) is 0 Å². The summed E-state index contributed by atoms with van der Waals surface area (Å²) in [6.45, 7) is 0. The fraction of sp³-hybridized carbons (Fsp3) is 0.103. The summed E-state index contributed by atoms with van der Waals surface area (Å²) in [6, 6.07) is 31.0. The second-order valence-corrected chi connectivity index (χ2v) is 8.53. The van der Waals surface area contributed by atoms with E-state index >= 15 is 0 Å². The highest BCUT2D eigenvalue weighted by Crippen LogP contribution is 2.52. The predicted octanol–water partition coefficient (Wildman–Crippen LogP) is 5.83. The summed E-state index contributed by atoms with van der Waals surface area (Å²) in [5.74, 6) is -1.88. The maximum Gasteiger partial charge on any atom is 0.335 e. The Hall–Kier alpha value is -4.18. The van der Waals surface area contributed by atoms with E-state index in [4.69, 9.17) is 0 Å². The zero-order valence-electron chi connectivity index (χ0n) is 17.9. The van der Waals surface area contributed by atoms with Crippen LogP contribution in [0.5, 0.6) is 0 Å². The molecule has 1 aliphatic carbocycles. The topological polar surface area (TPSA) is 74.6 Å². The molecular weight excluding hydrogens is 412 g/mol. The summed E-state index contributed by atoms with van der Waals surface area (Å²) >= 11 is 0. The van der Waals surface area contributed by atoms with Crippen molar-refractivity contribution in [2.24, 2.45) is 0 Å². The van der Waals surface area contributed by atoms with Gasteiger partial charge in [0, 0.05) is 5.41 Å². The average molecular weight is 434 g/mol. The zero-order chi connectivity index (χ0) is 23.0. The Kier molecular flexibility index (Phi) is 5.06. The van der Waals surface area contributed by atoms with Crippen LogP contribution in [-0.2, 0) is 18.3 Å². The largest absolute Gasteiger partial charge is 0.478 e. The zero-order valence-corrected chi connectivity index (χ0v) is 17.9. The molecule has 0 amide bonds. The van der Waals surface area contributed by atoms with Crippen molar-refractivity contribution >= 4 is 11.9 Å². The normalized spacial score (nSPS) is 13.2. The number of rotatable bonds is 6. The molecular formula is C29H22O4. The summed E-state index contributed by atoms with van der Waals surface area (Å²) < 4.78 is 0. The van der Waals surface area contributed by atoms with Gasteiger partial charge in [0.25, 0.3) is 0 Å². The second kappa shape index (κ2) is 8.06. The SMILES string of the molecule is O=C(O)c1ccc(CC2(Cc3ccc(C(=O)O)cc3)c3ccccc3-c3ccccc32)cc1. The summed E-state index contributed by atoms with van der Waals surface area (Å²) in [7, 11) is 0. The van der Waals surface area contributed by atoms with Gasteiger partial charge in [0.2, 0.25) is 0 Å². The molecule has 0 fully saturated rings. The van der Waals surface area contributed by atoms with Gasteiger partial charge in [0.1, 0.15) is 0 Å². The molecule has 4 heteroatoms. The van der Waals surface area contributed by atoms with Gasteiger partial charge in [-0.25, -0.2) is 9.59 Å². The van der Waals surface area contributed by atoms with Crippen molar-refractivity contribution < 1.29 is 19.8 Å². The van der Waals surface area contributed by atoms with E-state index in [2.05, 4.69) is 48.5 Å². The van der Waals surface area contributed by atoms with Gasteiger partial charge in [-0.1, -0.05) is 72.8 Å². The van der Waals surface area contributed by atoms with Crippen LogP contribution >= 0.6 is 0 Å². The predicted molar refractivity (Wildman–Crippen MR) is 127 cm³/mol. The fourth-order valence-electron chi connectivity index (χ4n) is 5.09. The lowest BCUT2D eigenvalue weighted by Gasteiger charge is -2.33. The molecule has 0 saturated carbocycles. The maximum atomic E-state index is 11.3. The first-order valence-corrected chi connectivity index (χ1v) is 10.8. The minimum atomic E-state index is -0.939. The van der Waals surface area contributed by atoms with Crippen LogP contribution in [0, 0.1) is 0 Å². The third kappa shape index (κ3) is 3.60. The van der Waals surface area contributed by atoms with Crippen LogP contribution in [-0.4, -0.2) is 22.2 Å². The van der Waals surface area contributed by atoms with Crippen molar-refractivity contribution in [3.8, 4) is 11.1 Å². The van der Waals surface area contributed by atoms with Gasteiger partial charge in [0.15, 0.2) is 0 Å². The van der Waals surface area contributed by atoms with Crippen LogP contribution in [0.1, 0.15) is 43.0 Å². The highest BCUT2D eigenvalue weighted by atomic mass is 16.4.